The first-order valence-electron chi connectivity index (χ1n) is 5.76. The molecule has 0 radical (unpaired) electrons. The highest BCUT2D eigenvalue weighted by Gasteiger charge is 2.31. The second kappa shape index (κ2) is 5.69. The monoisotopic (exact) mass is 200 g/mol. The molecule has 1 fully saturated rings. The van der Waals surface area contributed by atoms with Crippen molar-refractivity contribution in [2.24, 2.45) is 17.7 Å². The topological polar surface area (TPSA) is 47.3 Å². The largest absolute Gasteiger partial charge is 0.378 e. The van der Waals surface area contributed by atoms with Crippen LogP contribution in [0.3, 0.4) is 0 Å². The molecule has 1 aliphatic rings. The summed E-state index contributed by atoms with van der Waals surface area (Å²) in [5, 5.41) is 0. The molecule has 1 aliphatic heterocycles. The smallest absolute Gasteiger partial charge is 0.0551 e. The molecule has 1 rings (SSSR count). The van der Waals surface area contributed by atoms with Gasteiger partial charge in [-0.05, 0) is 25.7 Å². The van der Waals surface area contributed by atoms with Crippen molar-refractivity contribution in [1.29, 1.82) is 0 Å². The van der Waals surface area contributed by atoms with Gasteiger partial charge in [-0.1, -0.05) is 20.3 Å². The molecule has 0 spiro atoms. The van der Waals surface area contributed by atoms with E-state index < -0.39 is 0 Å². The van der Waals surface area contributed by atoms with Gasteiger partial charge >= 0.3 is 0 Å². The van der Waals surface area contributed by atoms with Crippen molar-refractivity contribution >= 4 is 0 Å². The van der Waals surface area contributed by atoms with Crippen LogP contribution in [-0.2, 0) is 4.74 Å². The van der Waals surface area contributed by atoms with Crippen LogP contribution in [0.2, 0.25) is 0 Å². The van der Waals surface area contributed by atoms with Gasteiger partial charge in [0.15, 0.2) is 0 Å². The zero-order valence-electron chi connectivity index (χ0n) is 9.62. The van der Waals surface area contributed by atoms with E-state index in [2.05, 4.69) is 26.2 Å². The molecule has 4 unspecified atom stereocenters. The summed E-state index contributed by atoms with van der Waals surface area (Å²) in [7, 11) is 0. The third-order valence-corrected chi connectivity index (χ3v) is 3.29. The summed E-state index contributed by atoms with van der Waals surface area (Å²) in [5.41, 5.74) is 2.97. The Hall–Kier alpha value is -0.120. The van der Waals surface area contributed by atoms with E-state index in [9.17, 15) is 0 Å². The molecule has 4 atom stereocenters. The first-order valence-corrected chi connectivity index (χ1v) is 5.76. The third kappa shape index (κ3) is 2.94. The predicted molar refractivity (Wildman–Crippen MR) is 58.7 cm³/mol. The van der Waals surface area contributed by atoms with Gasteiger partial charge in [-0.2, -0.15) is 0 Å². The number of rotatable bonds is 5. The molecule has 0 bridgehead atoms. The standard InChI is InChI=1S/C11H24N2O/c1-4-5-8(2)11(13-12)10-6-9(3)14-7-10/h8-11,13H,4-7,12H2,1-3H3. The van der Waals surface area contributed by atoms with Crippen LogP contribution in [-0.4, -0.2) is 18.8 Å². The van der Waals surface area contributed by atoms with E-state index in [0.717, 1.165) is 13.0 Å². The SMILES string of the molecule is CCCC(C)C(NN)C1COC(C)C1. The van der Waals surface area contributed by atoms with Gasteiger partial charge in [0.2, 0.25) is 0 Å². The van der Waals surface area contributed by atoms with E-state index >= 15 is 0 Å². The van der Waals surface area contributed by atoms with E-state index in [0.29, 0.717) is 24.0 Å². The molecule has 0 amide bonds. The Morgan fingerprint density at radius 3 is 2.71 bits per heavy atom. The number of nitrogens with one attached hydrogen (secondary N) is 1. The van der Waals surface area contributed by atoms with Crippen LogP contribution in [0.1, 0.15) is 40.0 Å². The molecule has 0 aromatic carbocycles. The normalized spacial score (nSPS) is 31.7. The molecular weight excluding hydrogens is 176 g/mol. The van der Waals surface area contributed by atoms with Gasteiger partial charge in [0.05, 0.1) is 12.7 Å². The molecule has 0 aromatic heterocycles. The summed E-state index contributed by atoms with van der Waals surface area (Å²) in [6.07, 6.45) is 4.01. The Balaban J connectivity index is 2.44. The lowest BCUT2D eigenvalue weighted by Crippen LogP contribution is -2.45. The zero-order chi connectivity index (χ0) is 10.6. The number of hydrogen-bond acceptors (Lipinski definition) is 3. The van der Waals surface area contributed by atoms with E-state index in [1.165, 1.54) is 12.8 Å². The van der Waals surface area contributed by atoms with Crippen molar-refractivity contribution in [2.45, 2.75) is 52.2 Å². The van der Waals surface area contributed by atoms with Crippen LogP contribution in [0.15, 0.2) is 0 Å². The van der Waals surface area contributed by atoms with Gasteiger partial charge in [-0.15, -0.1) is 0 Å². The molecule has 3 N–H and O–H groups in total. The lowest BCUT2D eigenvalue weighted by Gasteiger charge is -2.27. The van der Waals surface area contributed by atoms with Crippen molar-refractivity contribution in [3.8, 4) is 0 Å². The molecule has 3 nitrogen and oxygen atoms in total. The molecule has 0 aliphatic carbocycles. The fourth-order valence-corrected chi connectivity index (χ4v) is 2.50. The molecule has 0 saturated carbocycles. The Morgan fingerprint density at radius 1 is 1.57 bits per heavy atom. The van der Waals surface area contributed by atoms with Gasteiger partial charge in [-0.3, -0.25) is 11.3 Å². The third-order valence-electron chi connectivity index (χ3n) is 3.29. The summed E-state index contributed by atoms with van der Waals surface area (Å²) in [4.78, 5) is 0. The van der Waals surface area contributed by atoms with E-state index in [1.54, 1.807) is 0 Å². The maximum atomic E-state index is 5.62. The van der Waals surface area contributed by atoms with Crippen LogP contribution in [0, 0.1) is 11.8 Å². The number of ether oxygens (including phenoxy) is 1. The summed E-state index contributed by atoms with van der Waals surface area (Å²) in [5.74, 6) is 6.86. The molecule has 0 aromatic rings. The summed E-state index contributed by atoms with van der Waals surface area (Å²) < 4.78 is 5.58. The van der Waals surface area contributed by atoms with Gasteiger partial charge < -0.3 is 4.74 Å². The van der Waals surface area contributed by atoms with E-state index in [1.807, 2.05) is 0 Å². The van der Waals surface area contributed by atoms with Gasteiger partial charge in [-0.25, -0.2) is 0 Å². The first-order chi connectivity index (χ1) is 6.69. The summed E-state index contributed by atoms with van der Waals surface area (Å²) >= 11 is 0. The minimum absolute atomic E-state index is 0.407. The van der Waals surface area contributed by atoms with Crippen molar-refractivity contribution < 1.29 is 4.74 Å². The lowest BCUT2D eigenvalue weighted by atomic mass is 9.86. The molecule has 1 saturated heterocycles. The van der Waals surface area contributed by atoms with Crippen LogP contribution >= 0.6 is 0 Å². The molecule has 3 heteroatoms. The van der Waals surface area contributed by atoms with Crippen molar-refractivity contribution in [3.63, 3.8) is 0 Å². The van der Waals surface area contributed by atoms with E-state index in [-0.39, 0.29) is 0 Å². The highest BCUT2D eigenvalue weighted by molar-refractivity contribution is 4.84. The Labute approximate surface area is 87.4 Å². The van der Waals surface area contributed by atoms with Crippen molar-refractivity contribution in [3.05, 3.63) is 0 Å². The Bertz CT molecular complexity index is 163. The van der Waals surface area contributed by atoms with Gasteiger partial charge in [0.25, 0.3) is 0 Å². The lowest BCUT2D eigenvalue weighted by molar-refractivity contribution is 0.113. The number of hydrazine groups is 1. The highest BCUT2D eigenvalue weighted by atomic mass is 16.5. The first kappa shape index (κ1) is 12.0. The minimum atomic E-state index is 0.407. The number of hydrogen-bond donors (Lipinski definition) is 2. The second-order valence-corrected chi connectivity index (χ2v) is 4.60. The Morgan fingerprint density at radius 2 is 2.29 bits per heavy atom. The fourth-order valence-electron chi connectivity index (χ4n) is 2.50. The second-order valence-electron chi connectivity index (χ2n) is 4.60. The number of nitrogens with two attached hydrogens (primary N) is 1. The fraction of sp³-hybridized carbons (Fsp3) is 1.00. The van der Waals surface area contributed by atoms with Crippen LogP contribution in [0.5, 0.6) is 0 Å². The predicted octanol–water partition coefficient (Wildman–Crippen LogP) is 1.68. The molecule has 84 valence electrons. The molecular formula is C11H24N2O. The van der Waals surface area contributed by atoms with Crippen LogP contribution < -0.4 is 11.3 Å². The maximum absolute atomic E-state index is 5.62. The quantitative estimate of drug-likeness (QED) is 0.524. The van der Waals surface area contributed by atoms with Gasteiger partial charge in [0.1, 0.15) is 0 Å². The zero-order valence-corrected chi connectivity index (χ0v) is 9.62. The molecule has 1 heterocycles. The van der Waals surface area contributed by atoms with Crippen molar-refractivity contribution in [1.82, 2.24) is 5.43 Å². The average Bonchev–Trinajstić information content (AvgIpc) is 2.54. The van der Waals surface area contributed by atoms with Gasteiger partial charge in [0, 0.05) is 12.0 Å². The summed E-state index contributed by atoms with van der Waals surface area (Å²) in [6, 6.07) is 0.417. The summed E-state index contributed by atoms with van der Waals surface area (Å²) in [6.45, 7) is 7.50. The Kier molecular flexibility index (Phi) is 4.85. The molecule has 14 heavy (non-hydrogen) atoms. The maximum Gasteiger partial charge on any atom is 0.0551 e. The van der Waals surface area contributed by atoms with Crippen LogP contribution in [0.4, 0.5) is 0 Å². The average molecular weight is 200 g/mol. The van der Waals surface area contributed by atoms with Crippen molar-refractivity contribution in [2.75, 3.05) is 6.61 Å². The highest BCUT2D eigenvalue weighted by Crippen LogP contribution is 2.27. The van der Waals surface area contributed by atoms with E-state index in [4.69, 9.17) is 10.6 Å². The van der Waals surface area contributed by atoms with Crippen LogP contribution in [0.25, 0.3) is 0 Å². The minimum Gasteiger partial charge on any atom is -0.378 e.